The molecule has 0 N–H and O–H groups in total. The molecular weight excluding hydrogens is 124 g/mol. The SMILES string of the molecule is N#CC1CN2C1S2=O. The molecule has 0 saturated carbocycles. The van der Waals surface area contributed by atoms with Crippen LogP contribution < -0.4 is 0 Å². The van der Waals surface area contributed by atoms with Crippen molar-refractivity contribution < 1.29 is 4.21 Å². The molecule has 0 aromatic rings. The number of hydrogen-bond donors (Lipinski definition) is 0. The molecule has 4 atom stereocenters. The second-order valence-corrected chi connectivity index (χ2v) is 3.51. The Balaban J connectivity index is 2.14. The van der Waals surface area contributed by atoms with Gasteiger partial charge in [0.1, 0.15) is 16.4 Å². The van der Waals surface area contributed by atoms with Crippen molar-refractivity contribution in [1.29, 1.82) is 5.26 Å². The van der Waals surface area contributed by atoms with Crippen LogP contribution in [0.5, 0.6) is 0 Å². The highest BCUT2D eigenvalue weighted by atomic mass is 32.2. The van der Waals surface area contributed by atoms with Gasteiger partial charge in [-0.3, -0.25) is 0 Å². The van der Waals surface area contributed by atoms with Crippen molar-refractivity contribution in [2.75, 3.05) is 6.54 Å². The third-order valence-corrected chi connectivity index (χ3v) is 3.18. The summed E-state index contributed by atoms with van der Waals surface area (Å²) in [5.41, 5.74) is 0. The molecule has 0 bridgehead atoms. The molecule has 2 fully saturated rings. The van der Waals surface area contributed by atoms with Crippen molar-refractivity contribution in [2.45, 2.75) is 5.37 Å². The van der Waals surface area contributed by atoms with E-state index < -0.39 is 11.0 Å². The zero-order valence-electron chi connectivity index (χ0n) is 4.07. The van der Waals surface area contributed by atoms with Crippen LogP contribution in [0.1, 0.15) is 0 Å². The van der Waals surface area contributed by atoms with Crippen LogP contribution in [0.2, 0.25) is 0 Å². The third kappa shape index (κ3) is 0.308. The van der Waals surface area contributed by atoms with E-state index in [0.29, 0.717) is 0 Å². The highest BCUT2D eigenvalue weighted by molar-refractivity contribution is 7.90. The molecule has 2 rings (SSSR count). The molecule has 8 heavy (non-hydrogen) atoms. The highest BCUT2D eigenvalue weighted by Crippen LogP contribution is 2.42. The molecule has 0 spiro atoms. The van der Waals surface area contributed by atoms with Gasteiger partial charge < -0.3 is 0 Å². The first kappa shape index (κ1) is 4.48. The maximum atomic E-state index is 10.5. The molecule has 2 aliphatic rings. The average Bonchev–Trinajstić information content (AvgIpc) is 2.09. The molecule has 4 heteroatoms. The fourth-order valence-electron chi connectivity index (χ4n) is 0.954. The average molecular weight is 128 g/mol. The van der Waals surface area contributed by atoms with Crippen molar-refractivity contribution in [3.63, 3.8) is 0 Å². The van der Waals surface area contributed by atoms with Crippen LogP contribution in [0.4, 0.5) is 0 Å². The van der Waals surface area contributed by atoms with Gasteiger partial charge in [0.05, 0.1) is 12.0 Å². The van der Waals surface area contributed by atoms with E-state index in [9.17, 15) is 4.21 Å². The second-order valence-electron chi connectivity index (χ2n) is 2.00. The number of hydrogen-bond acceptors (Lipinski definition) is 2. The lowest BCUT2D eigenvalue weighted by atomic mass is 10.1. The first-order chi connectivity index (χ1) is 3.84. The van der Waals surface area contributed by atoms with Gasteiger partial charge in [0.2, 0.25) is 0 Å². The van der Waals surface area contributed by atoms with Gasteiger partial charge in [-0.2, -0.15) is 5.26 Å². The van der Waals surface area contributed by atoms with E-state index in [-0.39, 0.29) is 11.3 Å². The first-order valence-electron chi connectivity index (χ1n) is 2.41. The van der Waals surface area contributed by atoms with Crippen LogP contribution in [0.15, 0.2) is 0 Å². The molecule has 0 aromatic carbocycles. The predicted octanol–water partition coefficient (Wildman–Crippen LogP) is -0.555. The van der Waals surface area contributed by atoms with Crippen LogP contribution in [0.25, 0.3) is 0 Å². The zero-order chi connectivity index (χ0) is 5.72. The normalized spacial score (nSPS) is 57.9. The molecule has 0 radical (unpaired) electrons. The lowest BCUT2D eigenvalue weighted by molar-refractivity contribution is 0.318. The highest BCUT2D eigenvalue weighted by Gasteiger charge is 2.60. The van der Waals surface area contributed by atoms with E-state index in [2.05, 4.69) is 6.07 Å². The zero-order valence-corrected chi connectivity index (χ0v) is 4.89. The van der Waals surface area contributed by atoms with Gasteiger partial charge in [-0.25, -0.2) is 8.51 Å². The molecular formula is C4H4N2OS. The Bertz CT molecular complexity index is 197. The Morgan fingerprint density at radius 2 is 2.62 bits per heavy atom. The van der Waals surface area contributed by atoms with E-state index in [1.807, 2.05) is 4.31 Å². The molecule has 3 nitrogen and oxygen atoms in total. The molecule has 2 saturated heterocycles. The summed E-state index contributed by atoms with van der Waals surface area (Å²) in [5.74, 6) is 0.0656. The van der Waals surface area contributed by atoms with Gasteiger partial charge in [0, 0.05) is 6.54 Å². The number of fused-ring (bicyclic) bond motifs is 1. The number of nitriles is 1. The molecule has 42 valence electrons. The Morgan fingerprint density at radius 3 is 2.75 bits per heavy atom. The fraction of sp³-hybridized carbons (Fsp3) is 0.750. The maximum Gasteiger partial charge on any atom is 0.129 e. The van der Waals surface area contributed by atoms with Crippen molar-refractivity contribution >= 4 is 11.0 Å². The van der Waals surface area contributed by atoms with E-state index in [1.54, 1.807) is 0 Å². The molecule has 4 unspecified atom stereocenters. The van der Waals surface area contributed by atoms with Gasteiger partial charge in [0.25, 0.3) is 0 Å². The summed E-state index contributed by atoms with van der Waals surface area (Å²) in [7, 11) is -0.759. The monoisotopic (exact) mass is 128 g/mol. The largest absolute Gasteiger partial charge is 0.241 e. The Kier molecular flexibility index (Phi) is 0.626. The maximum absolute atomic E-state index is 10.5. The minimum absolute atomic E-state index is 0.0656. The lowest BCUT2D eigenvalue weighted by Gasteiger charge is -2.12. The summed E-state index contributed by atoms with van der Waals surface area (Å²) in [6, 6.07) is 2.09. The van der Waals surface area contributed by atoms with Gasteiger partial charge in [0.15, 0.2) is 0 Å². The lowest BCUT2D eigenvalue weighted by Crippen LogP contribution is -2.30. The second kappa shape index (κ2) is 1.12. The quantitative estimate of drug-likeness (QED) is 0.411. The number of rotatable bonds is 0. The van der Waals surface area contributed by atoms with E-state index in [0.717, 1.165) is 6.54 Å². The summed E-state index contributed by atoms with van der Waals surface area (Å²) in [6.45, 7) is 0.730. The van der Waals surface area contributed by atoms with E-state index in [1.165, 1.54) is 0 Å². The van der Waals surface area contributed by atoms with Crippen LogP contribution in [-0.2, 0) is 11.0 Å². The molecule has 0 aromatic heterocycles. The molecule has 2 aliphatic heterocycles. The predicted molar refractivity (Wildman–Crippen MR) is 27.7 cm³/mol. The minimum Gasteiger partial charge on any atom is -0.241 e. The fourth-order valence-corrected chi connectivity index (χ4v) is 2.40. The van der Waals surface area contributed by atoms with Gasteiger partial charge in [-0.1, -0.05) is 0 Å². The smallest absolute Gasteiger partial charge is 0.129 e. The third-order valence-electron chi connectivity index (χ3n) is 1.56. The van der Waals surface area contributed by atoms with Crippen LogP contribution in [-0.4, -0.2) is 20.4 Å². The van der Waals surface area contributed by atoms with E-state index >= 15 is 0 Å². The van der Waals surface area contributed by atoms with Gasteiger partial charge in [-0.15, -0.1) is 0 Å². The first-order valence-corrected chi connectivity index (χ1v) is 3.58. The van der Waals surface area contributed by atoms with Crippen LogP contribution in [0.3, 0.4) is 0 Å². The summed E-state index contributed by atoms with van der Waals surface area (Å²) in [6.07, 6.45) is 0. The summed E-state index contributed by atoms with van der Waals surface area (Å²) in [4.78, 5) is 0. The Morgan fingerprint density at radius 1 is 1.88 bits per heavy atom. The van der Waals surface area contributed by atoms with E-state index in [4.69, 9.17) is 5.26 Å². The van der Waals surface area contributed by atoms with Gasteiger partial charge in [-0.05, 0) is 0 Å². The van der Waals surface area contributed by atoms with Crippen molar-refractivity contribution in [3.05, 3.63) is 0 Å². The summed E-state index contributed by atoms with van der Waals surface area (Å²) < 4.78 is 12.3. The van der Waals surface area contributed by atoms with Crippen molar-refractivity contribution in [2.24, 2.45) is 5.92 Å². The minimum atomic E-state index is -0.759. The van der Waals surface area contributed by atoms with Crippen molar-refractivity contribution in [3.8, 4) is 6.07 Å². The topological polar surface area (TPSA) is 43.9 Å². The molecule has 0 aliphatic carbocycles. The molecule has 2 heterocycles. The standard InChI is InChI=1S/C4H4N2OS/c5-1-3-2-6-4(3)8(6)7/h3-4H,2H2. The number of nitrogens with zero attached hydrogens (tertiary/aromatic N) is 2. The molecule has 0 amide bonds. The Labute approximate surface area is 49.5 Å². The Hall–Kier alpha value is -0.400. The van der Waals surface area contributed by atoms with Crippen LogP contribution >= 0.6 is 0 Å². The van der Waals surface area contributed by atoms with Gasteiger partial charge >= 0.3 is 0 Å². The van der Waals surface area contributed by atoms with Crippen LogP contribution in [0, 0.1) is 17.2 Å². The van der Waals surface area contributed by atoms with Crippen molar-refractivity contribution in [1.82, 2.24) is 4.31 Å². The summed E-state index contributed by atoms with van der Waals surface area (Å²) in [5, 5.41) is 8.41. The summed E-state index contributed by atoms with van der Waals surface area (Å²) >= 11 is 0.